The highest BCUT2D eigenvalue weighted by molar-refractivity contribution is 6.01. The SMILES string of the molecule is CC1(C)c2ccccc2-c2c1c1cc(-c3ccc(N(c4ccc(-c5ccccc5)cc4)c4ccc(-c5ccccc5)cc4)cc3)ccc1n2-c1ccc(-c2ccccc2)cc1. The molecular weight excluding hydrogens is 737 g/mol. The molecule has 0 spiro atoms. The molecule has 0 saturated heterocycles. The fourth-order valence-corrected chi connectivity index (χ4v) is 9.55. The fourth-order valence-electron chi connectivity index (χ4n) is 9.55. The normalized spacial score (nSPS) is 12.6. The van der Waals surface area contributed by atoms with Crippen molar-refractivity contribution in [3.05, 3.63) is 242 Å². The summed E-state index contributed by atoms with van der Waals surface area (Å²) in [6.45, 7) is 4.77. The maximum Gasteiger partial charge on any atom is 0.0584 e. The quantitative estimate of drug-likeness (QED) is 0.149. The van der Waals surface area contributed by atoms with Gasteiger partial charge in [0.2, 0.25) is 0 Å². The van der Waals surface area contributed by atoms with Gasteiger partial charge in [-0.3, -0.25) is 0 Å². The largest absolute Gasteiger partial charge is 0.311 e. The molecule has 2 heteroatoms. The third kappa shape index (κ3) is 6.36. The van der Waals surface area contributed by atoms with Crippen LogP contribution in [0.15, 0.2) is 231 Å². The first-order valence-corrected chi connectivity index (χ1v) is 21.2. The van der Waals surface area contributed by atoms with Crippen molar-refractivity contribution in [1.29, 1.82) is 0 Å². The van der Waals surface area contributed by atoms with Gasteiger partial charge in [-0.2, -0.15) is 0 Å². The molecule has 0 bridgehead atoms. The Balaban J connectivity index is 0.993. The maximum absolute atomic E-state index is 2.49. The molecule has 61 heavy (non-hydrogen) atoms. The molecule has 1 heterocycles. The van der Waals surface area contributed by atoms with Crippen LogP contribution in [0.4, 0.5) is 17.1 Å². The molecule has 0 saturated carbocycles. The standard InChI is InChI=1S/C59H44N2/c1-59(2)55-21-13-12-20-53(55)58-57(59)54-40-48(30-39-56(54)61(58)52-37-26-46(27-38-52)43-18-10-5-11-19-43)47-28-35-51(36-29-47)60(49-31-22-44(23-32-49)41-14-6-3-7-15-41)50-33-24-45(25-34-50)42-16-8-4-9-17-42/h3-40H,1-2H3. The highest BCUT2D eigenvalue weighted by Gasteiger charge is 2.40. The molecule has 9 aromatic carbocycles. The Bertz CT molecular complexity index is 3060. The number of anilines is 3. The van der Waals surface area contributed by atoms with E-state index < -0.39 is 0 Å². The van der Waals surface area contributed by atoms with Crippen molar-refractivity contribution >= 4 is 28.0 Å². The molecular formula is C59H44N2. The van der Waals surface area contributed by atoms with Crippen LogP contribution in [0, 0.1) is 0 Å². The highest BCUT2D eigenvalue weighted by Crippen LogP contribution is 2.54. The summed E-state index contributed by atoms with van der Waals surface area (Å²) in [6.07, 6.45) is 0. The molecule has 0 aliphatic heterocycles. The van der Waals surface area contributed by atoms with Crippen LogP contribution in [0.5, 0.6) is 0 Å². The van der Waals surface area contributed by atoms with E-state index >= 15 is 0 Å². The van der Waals surface area contributed by atoms with Gasteiger partial charge in [0.15, 0.2) is 0 Å². The second-order valence-corrected chi connectivity index (χ2v) is 16.6. The third-order valence-electron chi connectivity index (χ3n) is 12.6. The number of aromatic nitrogens is 1. The summed E-state index contributed by atoms with van der Waals surface area (Å²) in [6, 6.07) is 83.8. The molecule has 2 nitrogen and oxygen atoms in total. The number of benzene rings is 9. The smallest absolute Gasteiger partial charge is 0.0584 e. The average Bonchev–Trinajstić information content (AvgIpc) is 3.80. The van der Waals surface area contributed by atoms with Crippen molar-refractivity contribution < 1.29 is 0 Å². The van der Waals surface area contributed by atoms with E-state index in [0.717, 1.165) is 17.1 Å². The van der Waals surface area contributed by atoms with Gasteiger partial charge in [-0.05, 0) is 116 Å². The molecule has 1 aliphatic rings. The maximum atomic E-state index is 2.49. The van der Waals surface area contributed by atoms with Crippen molar-refractivity contribution in [3.63, 3.8) is 0 Å². The van der Waals surface area contributed by atoms with E-state index in [2.05, 4.69) is 254 Å². The summed E-state index contributed by atoms with van der Waals surface area (Å²) < 4.78 is 2.49. The van der Waals surface area contributed by atoms with Gasteiger partial charge < -0.3 is 9.47 Å². The number of fused-ring (bicyclic) bond motifs is 5. The first-order chi connectivity index (χ1) is 30.0. The Morgan fingerprint density at radius 2 is 0.738 bits per heavy atom. The number of hydrogen-bond acceptors (Lipinski definition) is 1. The predicted octanol–water partition coefficient (Wildman–Crippen LogP) is 16.1. The predicted molar refractivity (Wildman–Crippen MR) is 257 cm³/mol. The topological polar surface area (TPSA) is 8.17 Å². The van der Waals surface area contributed by atoms with Crippen LogP contribution in [0.25, 0.3) is 72.4 Å². The Kier molecular flexibility index (Phi) is 8.86. The van der Waals surface area contributed by atoms with Crippen LogP contribution < -0.4 is 4.90 Å². The summed E-state index contributed by atoms with van der Waals surface area (Å²) in [5, 5.41) is 1.29. The minimum atomic E-state index is -0.158. The molecule has 0 radical (unpaired) electrons. The summed E-state index contributed by atoms with van der Waals surface area (Å²) in [7, 11) is 0. The molecule has 0 atom stereocenters. The summed E-state index contributed by atoms with van der Waals surface area (Å²) in [5.41, 5.74) is 20.6. The first-order valence-electron chi connectivity index (χ1n) is 21.2. The van der Waals surface area contributed by atoms with E-state index in [9.17, 15) is 0 Å². The van der Waals surface area contributed by atoms with Crippen LogP contribution >= 0.6 is 0 Å². The van der Waals surface area contributed by atoms with Gasteiger partial charge in [0, 0.05) is 39.1 Å². The monoisotopic (exact) mass is 780 g/mol. The van der Waals surface area contributed by atoms with Gasteiger partial charge in [-0.15, -0.1) is 0 Å². The second-order valence-electron chi connectivity index (χ2n) is 16.6. The Labute approximate surface area is 358 Å². The van der Waals surface area contributed by atoms with Crippen molar-refractivity contribution in [2.75, 3.05) is 4.90 Å². The molecule has 11 rings (SSSR count). The lowest BCUT2D eigenvalue weighted by Gasteiger charge is -2.26. The first kappa shape index (κ1) is 36.4. The van der Waals surface area contributed by atoms with E-state index in [1.807, 2.05) is 0 Å². The van der Waals surface area contributed by atoms with E-state index in [1.54, 1.807) is 0 Å². The summed E-state index contributed by atoms with van der Waals surface area (Å²) in [5.74, 6) is 0. The van der Waals surface area contributed by atoms with Crippen LogP contribution in [0.1, 0.15) is 25.0 Å². The van der Waals surface area contributed by atoms with Crippen molar-refractivity contribution in [3.8, 4) is 61.5 Å². The van der Waals surface area contributed by atoms with E-state index in [-0.39, 0.29) is 5.41 Å². The molecule has 0 unspecified atom stereocenters. The molecule has 290 valence electrons. The van der Waals surface area contributed by atoms with Crippen LogP contribution in [0.3, 0.4) is 0 Å². The van der Waals surface area contributed by atoms with E-state index in [1.165, 1.54) is 83.5 Å². The van der Waals surface area contributed by atoms with Crippen molar-refractivity contribution in [1.82, 2.24) is 4.57 Å². The average molecular weight is 781 g/mol. The van der Waals surface area contributed by atoms with Gasteiger partial charge in [0.1, 0.15) is 0 Å². The summed E-state index contributed by atoms with van der Waals surface area (Å²) >= 11 is 0. The van der Waals surface area contributed by atoms with Crippen molar-refractivity contribution in [2.45, 2.75) is 19.3 Å². The number of nitrogens with zero attached hydrogens (tertiary/aromatic N) is 2. The molecule has 0 fully saturated rings. The molecule has 10 aromatic rings. The van der Waals surface area contributed by atoms with Gasteiger partial charge in [0.05, 0.1) is 11.2 Å². The minimum absolute atomic E-state index is 0.158. The zero-order valence-electron chi connectivity index (χ0n) is 34.3. The Morgan fingerprint density at radius 1 is 0.361 bits per heavy atom. The van der Waals surface area contributed by atoms with Gasteiger partial charge in [-0.1, -0.05) is 184 Å². The van der Waals surface area contributed by atoms with Gasteiger partial charge in [-0.25, -0.2) is 0 Å². The molecule has 0 N–H and O–H groups in total. The number of rotatable bonds is 8. The van der Waals surface area contributed by atoms with Gasteiger partial charge >= 0.3 is 0 Å². The zero-order chi connectivity index (χ0) is 40.9. The molecule has 0 amide bonds. The highest BCUT2D eigenvalue weighted by atomic mass is 15.1. The Morgan fingerprint density at radius 3 is 1.21 bits per heavy atom. The zero-order valence-corrected chi connectivity index (χ0v) is 34.3. The van der Waals surface area contributed by atoms with Crippen molar-refractivity contribution in [2.24, 2.45) is 0 Å². The lowest BCUT2D eigenvalue weighted by molar-refractivity contribution is 0.666. The van der Waals surface area contributed by atoms with E-state index in [0.29, 0.717) is 0 Å². The molecule has 1 aliphatic carbocycles. The number of hydrogen-bond donors (Lipinski definition) is 0. The lowest BCUT2D eigenvalue weighted by atomic mass is 9.81. The van der Waals surface area contributed by atoms with Crippen LogP contribution in [-0.2, 0) is 5.41 Å². The van der Waals surface area contributed by atoms with E-state index in [4.69, 9.17) is 0 Å². The fraction of sp³-hybridized carbons (Fsp3) is 0.0508. The van der Waals surface area contributed by atoms with Crippen LogP contribution in [0.2, 0.25) is 0 Å². The van der Waals surface area contributed by atoms with Gasteiger partial charge in [0.25, 0.3) is 0 Å². The molecule has 1 aromatic heterocycles. The van der Waals surface area contributed by atoms with Crippen LogP contribution in [-0.4, -0.2) is 4.57 Å². The third-order valence-corrected chi connectivity index (χ3v) is 12.6. The Hall–Kier alpha value is -7.68. The second kappa shape index (κ2) is 14.9. The lowest BCUT2D eigenvalue weighted by Crippen LogP contribution is -2.14. The summed E-state index contributed by atoms with van der Waals surface area (Å²) in [4.78, 5) is 2.35. The minimum Gasteiger partial charge on any atom is -0.311 e.